The summed E-state index contributed by atoms with van der Waals surface area (Å²) in [7, 11) is 0. The van der Waals surface area contributed by atoms with E-state index in [1.165, 1.54) is 6.07 Å². The smallest absolute Gasteiger partial charge is 0.228 e. The number of amides is 1. The maximum Gasteiger partial charge on any atom is 0.228 e. The second-order valence-corrected chi connectivity index (χ2v) is 6.88. The summed E-state index contributed by atoms with van der Waals surface area (Å²) in [5.41, 5.74) is 2.44. The van der Waals surface area contributed by atoms with Gasteiger partial charge in [0.25, 0.3) is 0 Å². The number of rotatable bonds is 3. The van der Waals surface area contributed by atoms with Crippen molar-refractivity contribution in [3.8, 4) is 0 Å². The maximum atomic E-state index is 13.5. The van der Waals surface area contributed by atoms with Crippen LogP contribution in [-0.2, 0) is 11.3 Å². The van der Waals surface area contributed by atoms with Gasteiger partial charge in [0.15, 0.2) is 11.6 Å². The van der Waals surface area contributed by atoms with E-state index in [-0.39, 0.29) is 23.4 Å². The molecule has 1 aliphatic heterocycles. The molecule has 27 heavy (non-hydrogen) atoms. The van der Waals surface area contributed by atoms with Crippen LogP contribution in [0.25, 0.3) is 0 Å². The zero-order chi connectivity index (χ0) is 18.8. The molecule has 0 aliphatic carbocycles. The van der Waals surface area contributed by atoms with Crippen molar-refractivity contribution >= 4 is 11.6 Å². The Hall–Kier alpha value is -2.95. The van der Waals surface area contributed by atoms with Gasteiger partial charge in [0.2, 0.25) is 5.91 Å². The average Bonchev–Trinajstić information content (AvgIpc) is 3.05. The molecule has 0 spiro atoms. The van der Waals surface area contributed by atoms with Gasteiger partial charge in [-0.05, 0) is 42.7 Å². The Morgan fingerprint density at radius 2 is 1.81 bits per heavy atom. The molecule has 0 saturated heterocycles. The second-order valence-electron chi connectivity index (χ2n) is 6.88. The lowest BCUT2D eigenvalue weighted by atomic mass is 9.81. The Balaban J connectivity index is 1.68. The standard InChI is InChI=1S/C22H20F2N2O/c23-18-11-10-16(14-19(18)24)25-22(27)17-8-4-12-26-13-5-9-20(26)21(17)15-6-2-1-3-7-15/h1-3,5-7,9-11,13-14,17,21H,4,8,12H2,(H,25,27)/t17-,21+/m0/s1. The molecular weight excluding hydrogens is 346 g/mol. The number of carbonyl (C=O) groups is 1. The summed E-state index contributed by atoms with van der Waals surface area (Å²) in [4.78, 5) is 13.1. The van der Waals surface area contributed by atoms with Crippen molar-refractivity contribution in [3.05, 3.63) is 89.8 Å². The molecule has 2 atom stereocenters. The third kappa shape index (κ3) is 3.50. The second kappa shape index (κ2) is 7.35. The summed E-state index contributed by atoms with van der Waals surface area (Å²) in [6, 6.07) is 17.4. The average molecular weight is 366 g/mol. The number of halogens is 2. The van der Waals surface area contributed by atoms with Crippen LogP contribution in [0.4, 0.5) is 14.5 Å². The fourth-order valence-corrected chi connectivity index (χ4v) is 3.92. The van der Waals surface area contributed by atoms with Crippen LogP contribution >= 0.6 is 0 Å². The molecular formula is C22H20F2N2O. The van der Waals surface area contributed by atoms with Crippen molar-refractivity contribution in [1.82, 2.24) is 4.57 Å². The third-order valence-electron chi connectivity index (χ3n) is 5.18. The summed E-state index contributed by atoms with van der Waals surface area (Å²) in [5, 5.41) is 2.78. The molecule has 2 heterocycles. The van der Waals surface area contributed by atoms with Crippen molar-refractivity contribution < 1.29 is 13.6 Å². The maximum absolute atomic E-state index is 13.5. The van der Waals surface area contributed by atoms with Gasteiger partial charge in [-0.15, -0.1) is 0 Å². The Bertz CT molecular complexity index is 952. The number of hydrogen-bond donors (Lipinski definition) is 1. The van der Waals surface area contributed by atoms with Gasteiger partial charge in [0, 0.05) is 36.1 Å². The van der Waals surface area contributed by atoms with Crippen LogP contribution in [-0.4, -0.2) is 10.5 Å². The first kappa shape index (κ1) is 17.5. The van der Waals surface area contributed by atoms with E-state index < -0.39 is 11.6 Å². The highest BCUT2D eigenvalue weighted by Crippen LogP contribution is 2.38. The van der Waals surface area contributed by atoms with Gasteiger partial charge in [-0.3, -0.25) is 4.79 Å². The molecule has 1 aromatic heterocycles. The third-order valence-corrected chi connectivity index (χ3v) is 5.18. The zero-order valence-corrected chi connectivity index (χ0v) is 14.7. The van der Waals surface area contributed by atoms with Crippen LogP contribution in [0.5, 0.6) is 0 Å². The Morgan fingerprint density at radius 1 is 1.00 bits per heavy atom. The van der Waals surface area contributed by atoms with E-state index in [1.54, 1.807) is 0 Å². The molecule has 0 radical (unpaired) electrons. The number of aromatic nitrogens is 1. The lowest BCUT2D eigenvalue weighted by Gasteiger charge is -2.25. The van der Waals surface area contributed by atoms with Crippen LogP contribution < -0.4 is 5.32 Å². The molecule has 0 bridgehead atoms. The normalized spacial score (nSPS) is 19.2. The number of hydrogen-bond acceptors (Lipinski definition) is 1. The highest BCUT2D eigenvalue weighted by Gasteiger charge is 2.34. The van der Waals surface area contributed by atoms with Crippen molar-refractivity contribution in [2.75, 3.05) is 5.32 Å². The molecule has 3 aromatic rings. The molecule has 0 saturated carbocycles. The van der Waals surface area contributed by atoms with E-state index in [0.29, 0.717) is 0 Å². The molecule has 2 aromatic carbocycles. The van der Waals surface area contributed by atoms with Crippen molar-refractivity contribution in [1.29, 1.82) is 0 Å². The first-order valence-corrected chi connectivity index (χ1v) is 9.09. The largest absolute Gasteiger partial charge is 0.351 e. The first-order valence-electron chi connectivity index (χ1n) is 9.09. The quantitative estimate of drug-likeness (QED) is 0.699. The van der Waals surface area contributed by atoms with Gasteiger partial charge in [0.05, 0.1) is 5.92 Å². The molecule has 4 rings (SSSR count). The fourth-order valence-electron chi connectivity index (χ4n) is 3.92. The van der Waals surface area contributed by atoms with Gasteiger partial charge in [-0.2, -0.15) is 0 Å². The minimum atomic E-state index is -0.970. The number of nitrogens with one attached hydrogen (secondary N) is 1. The highest BCUT2D eigenvalue weighted by molar-refractivity contribution is 5.93. The molecule has 3 nitrogen and oxygen atoms in total. The summed E-state index contributed by atoms with van der Waals surface area (Å²) in [6.07, 6.45) is 3.64. The van der Waals surface area contributed by atoms with Gasteiger partial charge in [0.1, 0.15) is 0 Å². The molecule has 0 unspecified atom stereocenters. The van der Waals surface area contributed by atoms with Gasteiger partial charge >= 0.3 is 0 Å². The topological polar surface area (TPSA) is 34.0 Å². The lowest BCUT2D eigenvalue weighted by molar-refractivity contribution is -0.120. The van der Waals surface area contributed by atoms with Crippen LogP contribution in [0, 0.1) is 17.6 Å². The Kier molecular flexibility index (Phi) is 4.75. The molecule has 1 N–H and O–H groups in total. The molecule has 5 heteroatoms. The Morgan fingerprint density at radius 3 is 2.59 bits per heavy atom. The minimum absolute atomic E-state index is 0.0889. The van der Waals surface area contributed by atoms with Crippen molar-refractivity contribution in [2.45, 2.75) is 25.3 Å². The van der Waals surface area contributed by atoms with Crippen LogP contribution in [0.15, 0.2) is 66.9 Å². The van der Waals surface area contributed by atoms with E-state index in [9.17, 15) is 13.6 Å². The van der Waals surface area contributed by atoms with Crippen molar-refractivity contribution in [3.63, 3.8) is 0 Å². The summed E-state index contributed by atoms with van der Waals surface area (Å²) >= 11 is 0. The summed E-state index contributed by atoms with van der Waals surface area (Å²) in [5.74, 6) is -2.46. The number of anilines is 1. The molecule has 1 aliphatic rings. The van der Waals surface area contributed by atoms with Gasteiger partial charge in [-0.25, -0.2) is 8.78 Å². The van der Waals surface area contributed by atoms with E-state index in [2.05, 4.69) is 16.0 Å². The highest BCUT2D eigenvalue weighted by atomic mass is 19.2. The van der Waals surface area contributed by atoms with E-state index >= 15 is 0 Å². The monoisotopic (exact) mass is 366 g/mol. The van der Waals surface area contributed by atoms with Crippen molar-refractivity contribution in [2.24, 2.45) is 5.92 Å². The van der Waals surface area contributed by atoms with E-state index in [4.69, 9.17) is 0 Å². The van der Waals surface area contributed by atoms with E-state index in [0.717, 1.165) is 42.8 Å². The number of aryl methyl sites for hydroxylation is 1. The molecule has 0 fully saturated rings. The first-order chi connectivity index (χ1) is 13.1. The van der Waals surface area contributed by atoms with Gasteiger partial charge < -0.3 is 9.88 Å². The summed E-state index contributed by atoms with van der Waals surface area (Å²) in [6.45, 7) is 0.862. The minimum Gasteiger partial charge on any atom is -0.351 e. The SMILES string of the molecule is O=C(Nc1ccc(F)c(F)c1)[C@H]1CCCn2cccc2[C@@H]1c1ccccc1. The summed E-state index contributed by atoms with van der Waals surface area (Å²) < 4.78 is 28.9. The number of fused-ring (bicyclic) bond motifs is 1. The Labute approximate surface area is 156 Å². The molecule has 1 amide bonds. The number of nitrogens with zero attached hydrogens (tertiary/aromatic N) is 1. The van der Waals surface area contributed by atoms with Crippen LogP contribution in [0.3, 0.4) is 0 Å². The predicted octanol–water partition coefficient (Wildman–Crippen LogP) is 4.95. The van der Waals surface area contributed by atoms with Crippen LogP contribution in [0.2, 0.25) is 0 Å². The van der Waals surface area contributed by atoms with Gasteiger partial charge in [-0.1, -0.05) is 30.3 Å². The zero-order valence-electron chi connectivity index (χ0n) is 14.7. The number of benzene rings is 2. The van der Waals surface area contributed by atoms with E-state index in [1.807, 2.05) is 42.6 Å². The predicted molar refractivity (Wildman–Crippen MR) is 100 cm³/mol. The fraction of sp³-hybridized carbons (Fsp3) is 0.227. The lowest BCUT2D eigenvalue weighted by Crippen LogP contribution is -2.28. The number of carbonyl (C=O) groups excluding carboxylic acids is 1. The van der Waals surface area contributed by atoms with Crippen LogP contribution in [0.1, 0.15) is 30.0 Å². The molecule has 138 valence electrons.